The maximum absolute atomic E-state index is 14.5. The minimum absolute atomic E-state index is 0.145. The monoisotopic (exact) mass is 577 g/mol. The summed E-state index contributed by atoms with van der Waals surface area (Å²) in [4.78, 5) is 35.9. The number of piperidine rings is 1. The van der Waals surface area contributed by atoms with Gasteiger partial charge in [-0.3, -0.25) is 14.6 Å². The van der Waals surface area contributed by atoms with Crippen LogP contribution in [0, 0.1) is 24.6 Å². The first kappa shape index (κ1) is 30.2. The van der Waals surface area contributed by atoms with Gasteiger partial charge >= 0.3 is 0 Å². The van der Waals surface area contributed by atoms with E-state index in [0.29, 0.717) is 17.5 Å². The summed E-state index contributed by atoms with van der Waals surface area (Å²) in [6, 6.07) is 4.21. The second-order valence-electron chi connectivity index (χ2n) is 12.4. The number of pyridine rings is 1. The van der Waals surface area contributed by atoms with Crippen molar-refractivity contribution in [3.05, 3.63) is 59.3 Å². The van der Waals surface area contributed by atoms with E-state index in [-0.39, 0.29) is 36.6 Å². The fourth-order valence-electron chi connectivity index (χ4n) is 6.89. The van der Waals surface area contributed by atoms with Crippen LogP contribution in [0.3, 0.4) is 0 Å². The van der Waals surface area contributed by atoms with Crippen LogP contribution in [0.25, 0.3) is 16.6 Å². The summed E-state index contributed by atoms with van der Waals surface area (Å²) in [6.07, 6.45) is 10.0. The molecule has 9 heteroatoms. The van der Waals surface area contributed by atoms with Gasteiger partial charge in [-0.05, 0) is 94.2 Å². The third kappa shape index (κ3) is 6.37. The third-order valence-electron chi connectivity index (χ3n) is 9.11. The number of likely N-dealkylation sites (tertiary alicyclic amines) is 2. The molecule has 2 aliphatic rings. The molecule has 5 rings (SSSR count). The van der Waals surface area contributed by atoms with Crippen LogP contribution in [0.2, 0.25) is 0 Å². The summed E-state index contributed by atoms with van der Waals surface area (Å²) in [5, 5.41) is 10.7. The van der Waals surface area contributed by atoms with E-state index in [0.717, 1.165) is 74.9 Å². The highest BCUT2D eigenvalue weighted by molar-refractivity contribution is 5.99. The lowest BCUT2D eigenvalue weighted by molar-refractivity contribution is -0.130. The van der Waals surface area contributed by atoms with Crippen LogP contribution < -0.4 is 0 Å². The summed E-state index contributed by atoms with van der Waals surface area (Å²) in [5.74, 6) is 0.556. The quantitative estimate of drug-likeness (QED) is 0.407. The molecule has 1 atom stereocenters. The molecule has 1 N–H and O–H groups in total. The topological polar surface area (TPSA) is 81.9 Å². The van der Waals surface area contributed by atoms with Gasteiger partial charge in [-0.15, -0.1) is 0 Å². The largest absolute Gasteiger partial charge is 0.395 e. The van der Waals surface area contributed by atoms with Crippen molar-refractivity contribution in [3.63, 3.8) is 0 Å². The Hall–Kier alpha value is -3.30. The number of aryl methyl sites for hydroxylation is 1. The molecule has 3 aromatic rings. The molecule has 4 heterocycles. The van der Waals surface area contributed by atoms with Gasteiger partial charge in [-0.2, -0.15) is 0 Å². The Labute approximate surface area is 248 Å². The average Bonchev–Trinajstić information content (AvgIpc) is 3.56. The van der Waals surface area contributed by atoms with Crippen molar-refractivity contribution in [2.75, 3.05) is 45.9 Å². The Kier molecular flexibility index (Phi) is 9.28. The Morgan fingerprint density at radius 1 is 1.12 bits per heavy atom. The predicted octanol–water partition coefficient (Wildman–Crippen LogP) is 4.44. The van der Waals surface area contributed by atoms with Gasteiger partial charge in [-0.1, -0.05) is 0 Å². The van der Waals surface area contributed by atoms with Crippen LogP contribution in [-0.2, 0) is 11.2 Å². The predicted molar refractivity (Wildman–Crippen MR) is 162 cm³/mol. The number of aliphatic hydroxyl groups excluding tert-OH is 1. The molecule has 1 aromatic carbocycles. The number of halogens is 1. The van der Waals surface area contributed by atoms with Crippen LogP contribution in [0.5, 0.6) is 0 Å². The van der Waals surface area contributed by atoms with Crippen molar-refractivity contribution in [2.45, 2.75) is 59.4 Å². The molecule has 0 saturated carbocycles. The first-order valence-corrected chi connectivity index (χ1v) is 15.3. The molecular weight excluding hydrogens is 533 g/mol. The average molecular weight is 578 g/mol. The molecule has 2 aromatic heterocycles. The number of amides is 2. The van der Waals surface area contributed by atoms with E-state index in [1.165, 1.54) is 17.7 Å². The van der Waals surface area contributed by atoms with Crippen LogP contribution in [0.4, 0.5) is 4.39 Å². The van der Waals surface area contributed by atoms with E-state index in [2.05, 4.69) is 23.0 Å². The van der Waals surface area contributed by atoms with Crippen LogP contribution >= 0.6 is 0 Å². The van der Waals surface area contributed by atoms with E-state index < -0.39 is 5.82 Å². The van der Waals surface area contributed by atoms with Gasteiger partial charge in [0.2, 0.25) is 5.91 Å². The molecule has 0 unspecified atom stereocenters. The molecule has 2 saturated heterocycles. The standard InChI is InChI=1S/C33H44FN5O3/c1-22(2)38(13-14-40)33(42)29-16-28(34)5-6-30(29)39-21-27(32-23(3)17-35-18-31(32)39)15-26-7-10-36(20-26)19-25-8-11-37(12-9-25)24(4)41/h5-6,16-18,21-22,25-26,40H,7-15,19-20H2,1-4H3/t26-/m0/s1. The van der Waals surface area contributed by atoms with Crippen molar-refractivity contribution >= 4 is 22.7 Å². The first-order valence-electron chi connectivity index (χ1n) is 15.3. The molecule has 8 nitrogen and oxygen atoms in total. The highest BCUT2D eigenvalue weighted by Gasteiger charge is 2.29. The molecule has 226 valence electrons. The van der Waals surface area contributed by atoms with E-state index in [1.54, 1.807) is 17.9 Å². The number of aromatic nitrogens is 2. The Morgan fingerprint density at radius 2 is 1.86 bits per heavy atom. The van der Waals surface area contributed by atoms with Crippen LogP contribution in [-0.4, -0.2) is 93.1 Å². The molecule has 0 radical (unpaired) electrons. The molecule has 0 aliphatic carbocycles. The molecule has 2 aliphatic heterocycles. The second kappa shape index (κ2) is 12.9. The lowest BCUT2D eigenvalue weighted by Crippen LogP contribution is -2.40. The summed E-state index contributed by atoms with van der Waals surface area (Å²) < 4.78 is 16.5. The van der Waals surface area contributed by atoms with Gasteiger partial charge in [0.25, 0.3) is 5.91 Å². The summed E-state index contributed by atoms with van der Waals surface area (Å²) in [5.41, 5.74) is 4.07. The number of hydrogen-bond donors (Lipinski definition) is 1. The number of rotatable bonds is 9. The number of aliphatic hydroxyl groups is 1. The van der Waals surface area contributed by atoms with Crippen LogP contribution in [0.15, 0.2) is 36.8 Å². The van der Waals surface area contributed by atoms with Crippen molar-refractivity contribution in [2.24, 2.45) is 11.8 Å². The second-order valence-corrected chi connectivity index (χ2v) is 12.4. The number of carbonyl (C=O) groups is 2. The van der Waals surface area contributed by atoms with Gasteiger partial charge in [0.15, 0.2) is 0 Å². The molecule has 0 bridgehead atoms. The number of nitrogens with zero attached hydrogens (tertiary/aromatic N) is 5. The Morgan fingerprint density at radius 3 is 2.55 bits per heavy atom. The number of carbonyl (C=O) groups excluding carboxylic acids is 2. The highest BCUT2D eigenvalue weighted by atomic mass is 19.1. The Bertz CT molecular complexity index is 1430. The van der Waals surface area contributed by atoms with E-state index >= 15 is 0 Å². The van der Waals surface area contributed by atoms with Gasteiger partial charge < -0.3 is 24.4 Å². The third-order valence-corrected chi connectivity index (χ3v) is 9.11. The molecular formula is C33H44FN5O3. The zero-order valence-corrected chi connectivity index (χ0v) is 25.4. The zero-order chi connectivity index (χ0) is 30.0. The van der Waals surface area contributed by atoms with Crippen molar-refractivity contribution in [1.29, 1.82) is 0 Å². The van der Waals surface area contributed by atoms with Gasteiger partial charge in [0.05, 0.1) is 29.6 Å². The lowest BCUT2D eigenvalue weighted by Gasteiger charge is -2.33. The van der Waals surface area contributed by atoms with Crippen molar-refractivity contribution in [1.82, 2.24) is 24.3 Å². The fourth-order valence-corrected chi connectivity index (χ4v) is 6.89. The van der Waals surface area contributed by atoms with E-state index in [9.17, 15) is 19.1 Å². The summed E-state index contributed by atoms with van der Waals surface area (Å²) >= 11 is 0. The maximum atomic E-state index is 14.5. The van der Waals surface area contributed by atoms with Crippen LogP contribution in [0.1, 0.15) is 61.5 Å². The summed E-state index contributed by atoms with van der Waals surface area (Å²) in [7, 11) is 0. The minimum atomic E-state index is -0.473. The minimum Gasteiger partial charge on any atom is -0.395 e. The SMILES string of the molecule is CC(=O)N1CCC(CN2CC[C@@H](Cc3cn(-c4ccc(F)cc4C(=O)N(CCO)C(C)C)c4cncc(C)c34)C2)CC1. The zero-order valence-electron chi connectivity index (χ0n) is 25.4. The normalized spacial score (nSPS) is 18.4. The van der Waals surface area contributed by atoms with Gasteiger partial charge in [-0.25, -0.2) is 4.39 Å². The first-order chi connectivity index (χ1) is 20.2. The summed E-state index contributed by atoms with van der Waals surface area (Å²) in [6.45, 7) is 12.5. The van der Waals surface area contributed by atoms with Gasteiger partial charge in [0.1, 0.15) is 5.82 Å². The molecule has 2 amide bonds. The van der Waals surface area contributed by atoms with E-state index in [4.69, 9.17) is 0 Å². The number of hydrogen-bond acceptors (Lipinski definition) is 5. The fraction of sp³-hybridized carbons (Fsp3) is 0.545. The smallest absolute Gasteiger partial charge is 0.256 e. The molecule has 42 heavy (non-hydrogen) atoms. The maximum Gasteiger partial charge on any atom is 0.256 e. The van der Waals surface area contributed by atoms with E-state index in [1.807, 2.05) is 35.7 Å². The molecule has 2 fully saturated rings. The number of fused-ring (bicyclic) bond motifs is 1. The molecule has 0 spiro atoms. The van der Waals surface area contributed by atoms with Gasteiger partial charge in [0, 0.05) is 63.5 Å². The number of benzene rings is 1. The van der Waals surface area contributed by atoms with Crippen molar-refractivity contribution < 1.29 is 19.1 Å². The highest BCUT2D eigenvalue weighted by Crippen LogP contribution is 2.33. The lowest BCUT2D eigenvalue weighted by atomic mass is 9.96. The Balaban J connectivity index is 1.39. The van der Waals surface area contributed by atoms with Crippen molar-refractivity contribution in [3.8, 4) is 5.69 Å².